The molecule has 0 saturated carbocycles. The van der Waals surface area contributed by atoms with Gasteiger partial charge in [-0.05, 0) is 32.0 Å². The number of rotatable bonds is 3. The highest BCUT2D eigenvalue weighted by Crippen LogP contribution is 2.34. The predicted octanol–water partition coefficient (Wildman–Crippen LogP) is 2.18. The molecule has 0 atom stereocenters. The average Bonchev–Trinajstić information content (AvgIpc) is 2.42. The van der Waals surface area contributed by atoms with Crippen LogP contribution in [0.25, 0.3) is 0 Å². The van der Waals surface area contributed by atoms with Crippen molar-refractivity contribution in [2.24, 2.45) is 0 Å². The number of piperidine rings is 1. The Labute approximate surface area is 123 Å². The normalized spacial score (nSPS) is 16.9. The van der Waals surface area contributed by atoms with E-state index in [1.54, 1.807) is 6.07 Å². The van der Waals surface area contributed by atoms with Gasteiger partial charge in [-0.15, -0.1) is 0 Å². The number of likely N-dealkylation sites (tertiary alicyclic amines) is 1. The summed E-state index contributed by atoms with van der Waals surface area (Å²) in [5.41, 5.74) is 6.40. The lowest BCUT2D eigenvalue weighted by atomic mass is 10.1. The minimum atomic E-state index is -0.498. The van der Waals surface area contributed by atoms with Crippen molar-refractivity contribution < 1.29 is 14.3 Å². The summed E-state index contributed by atoms with van der Waals surface area (Å²) in [7, 11) is 3.39. The number of benzene rings is 1. The van der Waals surface area contributed by atoms with Crippen molar-refractivity contribution in [3.05, 3.63) is 22.7 Å². The SMILES string of the molecule is COC(=O)c1cc(N)cc(Cl)c1OC1CCN(C)CC1. The van der Waals surface area contributed by atoms with Gasteiger partial charge in [0, 0.05) is 18.8 Å². The maximum absolute atomic E-state index is 11.8. The summed E-state index contributed by atoms with van der Waals surface area (Å²) in [5.74, 6) is -0.135. The summed E-state index contributed by atoms with van der Waals surface area (Å²) < 4.78 is 10.7. The topological polar surface area (TPSA) is 64.8 Å². The summed E-state index contributed by atoms with van der Waals surface area (Å²) in [6.07, 6.45) is 1.85. The van der Waals surface area contributed by atoms with Gasteiger partial charge in [-0.25, -0.2) is 4.79 Å². The van der Waals surface area contributed by atoms with E-state index in [4.69, 9.17) is 26.8 Å². The van der Waals surface area contributed by atoms with Crippen LogP contribution in [0.15, 0.2) is 12.1 Å². The van der Waals surface area contributed by atoms with E-state index in [1.165, 1.54) is 13.2 Å². The van der Waals surface area contributed by atoms with Crippen LogP contribution in [0, 0.1) is 0 Å². The molecule has 1 aromatic carbocycles. The summed E-state index contributed by atoms with van der Waals surface area (Å²) in [6.45, 7) is 1.93. The zero-order valence-electron chi connectivity index (χ0n) is 11.7. The fraction of sp³-hybridized carbons (Fsp3) is 0.500. The molecule has 0 spiro atoms. The lowest BCUT2D eigenvalue weighted by Crippen LogP contribution is -2.36. The Morgan fingerprint density at radius 1 is 1.40 bits per heavy atom. The smallest absolute Gasteiger partial charge is 0.341 e. The van der Waals surface area contributed by atoms with Crippen LogP contribution in [-0.4, -0.2) is 44.2 Å². The third kappa shape index (κ3) is 3.35. The Hall–Kier alpha value is -1.46. The van der Waals surface area contributed by atoms with Crippen molar-refractivity contribution in [2.75, 3.05) is 33.0 Å². The van der Waals surface area contributed by atoms with E-state index in [0.29, 0.717) is 16.5 Å². The lowest BCUT2D eigenvalue weighted by molar-refractivity contribution is 0.0587. The van der Waals surface area contributed by atoms with E-state index in [0.717, 1.165) is 25.9 Å². The molecule has 110 valence electrons. The first-order valence-electron chi connectivity index (χ1n) is 6.53. The predicted molar refractivity (Wildman–Crippen MR) is 78.4 cm³/mol. The third-order valence-electron chi connectivity index (χ3n) is 3.42. The second-order valence-corrected chi connectivity index (χ2v) is 5.40. The van der Waals surface area contributed by atoms with Gasteiger partial charge >= 0.3 is 5.97 Å². The number of hydrogen-bond acceptors (Lipinski definition) is 5. The summed E-state index contributed by atoms with van der Waals surface area (Å²) in [6, 6.07) is 3.11. The quantitative estimate of drug-likeness (QED) is 0.684. The number of nitrogens with two attached hydrogens (primary N) is 1. The molecule has 1 aliphatic rings. The molecular weight excluding hydrogens is 280 g/mol. The van der Waals surface area contributed by atoms with Crippen molar-refractivity contribution in [1.29, 1.82) is 0 Å². The molecule has 0 unspecified atom stereocenters. The average molecular weight is 299 g/mol. The largest absolute Gasteiger partial charge is 0.488 e. The first-order valence-corrected chi connectivity index (χ1v) is 6.91. The molecule has 1 fully saturated rings. The summed E-state index contributed by atoms with van der Waals surface area (Å²) >= 11 is 6.16. The summed E-state index contributed by atoms with van der Waals surface area (Å²) in [5, 5.41) is 0.337. The Kier molecular flexibility index (Phi) is 4.73. The van der Waals surface area contributed by atoms with Gasteiger partial charge in [0.1, 0.15) is 11.7 Å². The van der Waals surface area contributed by atoms with Crippen molar-refractivity contribution in [3.8, 4) is 5.75 Å². The number of carbonyl (C=O) groups excluding carboxylic acids is 1. The summed E-state index contributed by atoms with van der Waals surface area (Å²) in [4.78, 5) is 14.0. The molecule has 0 amide bonds. The molecule has 2 rings (SSSR count). The Morgan fingerprint density at radius 3 is 2.65 bits per heavy atom. The standard InChI is InChI=1S/C14H19ClN2O3/c1-17-5-3-10(4-6-17)20-13-11(14(18)19-2)7-9(16)8-12(13)15/h7-8,10H,3-6,16H2,1-2H3. The molecule has 1 heterocycles. The Balaban J connectivity index is 2.23. The number of ether oxygens (including phenoxy) is 2. The molecule has 0 aromatic heterocycles. The van der Waals surface area contributed by atoms with Gasteiger partial charge in [-0.2, -0.15) is 0 Å². The zero-order chi connectivity index (χ0) is 14.7. The highest BCUT2D eigenvalue weighted by atomic mass is 35.5. The molecule has 1 aromatic rings. The second kappa shape index (κ2) is 6.33. The van der Waals surface area contributed by atoms with Gasteiger partial charge < -0.3 is 20.1 Å². The minimum absolute atomic E-state index is 0.0516. The van der Waals surface area contributed by atoms with Crippen molar-refractivity contribution in [3.63, 3.8) is 0 Å². The maximum Gasteiger partial charge on any atom is 0.341 e. The molecule has 0 radical (unpaired) electrons. The Morgan fingerprint density at radius 2 is 2.05 bits per heavy atom. The van der Waals surface area contributed by atoms with Crippen molar-refractivity contribution >= 4 is 23.3 Å². The van der Waals surface area contributed by atoms with Gasteiger partial charge in [0.05, 0.1) is 12.1 Å². The van der Waals surface area contributed by atoms with Crippen molar-refractivity contribution in [1.82, 2.24) is 4.90 Å². The number of anilines is 1. The van der Waals surface area contributed by atoms with Gasteiger partial charge in [-0.1, -0.05) is 11.6 Å². The number of hydrogen-bond donors (Lipinski definition) is 1. The monoisotopic (exact) mass is 298 g/mol. The highest BCUT2D eigenvalue weighted by Gasteiger charge is 2.23. The molecule has 1 aliphatic heterocycles. The van der Waals surface area contributed by atoms with E-state index in [9.17, 15) is 4.79 Å². The molecule has 0 aliphatic carbocycles. The second-order valence-electron chi connectivity index (χ2n) is 4.99. The third-order valence-corrected chi connectivity index (χ3v) is 3.70. The van der Waals surface area contributed by atoms with Crippen LogP contribution >= 0.6 is 11.6 Å². The van der Waals surface area contributed by atoms with Crippen LogP contribution in [0.4, 0.5) is 5.69 Å². The zero-order valence-corrected chi connectivity index (χ0v) is 12.4. The van der Waals surface area contributed by atoms with E-state index in [2.05, 4.69) is 11.9 Å². The molecule has 2 N–H and O–H groups in total. The first kappa shape index (κ1) is 14.9. The molecular formula is C14H19ClN2O3. The Bertz CT molecular complexity index is 499. The van der Waals surface area contributed by atoms with Crippen LogP contribution in [-0.2, 0) is 4.74 Å². The van der Waals surface area contributed by atoms with Gasteiger partial charge in [0.25, 0.3) is 0 Å². The maximum atomic E-state index is 11.8. The van der Waals surface area contributed by atoms with Crippen LogP contribution in [0.3, 0.4) is 0 Å². The number of nitrogen functional groups attached to an aromatic ring is 1. The van der Waals surface area contributed by atoms with E-state index in [-0.39, 0.29) is 11.7 Å². The van der Waals surface area contributed by atoms with Crippen molar-refractivity contribution in [2.45, 2.75) is 18.9 Å². The van der Waals surface area contributed by atoms with Gasteiger partial charge in [0.2, 0.25) is 0 Å². The molecule has 1 saturated heterocycles. The van der Waals surface area contributed by atoms with E-state index >= 15 is 0 Å². The number of halogens is 1. The van der Waals surface area contributed by atoms with Crippen LogP contribution < -0.4 is 10.5 Å². The number of esters is 1. The van der Waals surface area contributed by atoms with E-state index in [1.807, 2.05) is 0 Å². The molecule has 0 bridgehead atoms. The fourth-order valence-electron chi connectivity index (χ4n) is 2.27. The van der Waals surface area contributed by atoms with Gasteiger partial charge in [0.15, 0.2) is 5.75 Å². The number of carbonyl (C=O) groups is 1. The van der Waals surface area contributed by atoms with Crippen LogP contribution in [0.2, 0.25) is 5.02 Å². The molecule has 5 nitrogen and oxygen atoms in total. The number of methoxy groups -OCH3 is 1. The van der Waals surface area contributed by atoms with Crippen LogP contribution in [0.5, 0.6) is 5.75 Å². The lowest BCUT2D eigenvalue weighted by Gasteiger charge is -2.30. The molecule has 6 heteroatoms. The minimum Gasteiger partial charge on any atom is -0.488 e. The van der Waals surface area contributed by atoms with E-state index < -0.39 is 5.97 Å². The fourth-order valence-corrected chi connectivity index (χ4v) is 2.54. The number of nitrogens with zero attached hydrogens (tertiary/aromatic N) is 1. The highest BCUT2D eigenvalue weighted by molar-refractivity contribution is 6.33. The van der Waals surface area contributed by atoms with Gasteiger partial charge in [-0.3, -0.25) is 0 Å². The molecule has 20 heavy (non-hydrogen) atoms. The first-order chi connectivity index (χ1) is 9.51. The van der Waals surface area contributed by atoms with Crippen LogP contribution in [0.1, 0.15) is 23.2 Å².